The van der Waals surface area contributed by atoms with Gasteiger partial charge < -0.3 is 24.4 Å². The number of carboxylic acid groups (broad SMARTS) is 1. The van der Waals surface area contributed by atoms with Gasteiger partial charge >= 0.3 is 5.97 Å². The lowest BCUT2D eigenvalue weighted by molar-refractivity contribution is -0.136. The second kappa shape index (κ2) is 22.3. The molecule has 5 rings (SSSR count). The van der Waals surface area contributed by atoms with E-state index < -0.39 is 25.6 Å². The van der Waals surface area contributed by atoms with Gasteiger partial charge in [-0.3, -0.25) is 4.79 Å². The Balaban J connectivity index is 0.000000246. The number of rotatable bonds is 16. The molecule has 53 heavy (non-hydrogen) atoms. The average molecular weight is 769 g/mol. The first kappa shape index (κ1) is 43.5. The van der Waals surface area contributed by atoms with Gasteiger partial charge in [-0.05, 0) is 96.7 Å². The van der Waals surface area contributed by atoms with E-state index in [-0.39, 0.29) is 24.5 Å². The molecule has 0 aliphatic carbocycles. The summed E-state index contributed by atoms with van der Waals surface area (Å²) in [5.41, 5.74) is 5.59. The Morgan fingerprint density at radius 3 is 1.38 bits per heavy atom. The average Bonchev–Trinajstić information content (AvgIpc) is 3.64. The summed E-state index contributed by atoms with van der Waals surface area (Å²) in [7, 11) is -3.44. The number of aliphatic hydroxyl groups is 1. The SMILES string of the molecule is CC1CCCO1.COCCCS(=O)(=O)c1ccc(-c2ccc(CC(=O)O)cc2)cc1.COCCCS(=O)(=O)c1ccc(-c2ccc(CCO)cc2)cc1. The number of hydrogen-bond donors (Lipinski definition) is 2. The zero-order valence-corrected chi connectivity index (χ0v) is 32.4. The van der Waals surface area contributed by atoms with Crippen molar-refractivity contribution in [3.8, 4) is 22.3 Å². The Hall–Kier alpha value is -3.91. The van der Waals surface area contributed by atoms with E-state index in [2.05, 4.69) is 6.92 Å². The summed E-state index contributed by atoms with van der Waals surface area (Å²) >= 11 is 0. The lowest BCUT2D eigenvalue weighted by Gasteiger charge is -2.07. The van der Waals surface area contributed by atoms with Crippen LogP contribution >= 0.6 is 0 Å². The van der Waals surface area contributed by atoms with Gasteiger partial charge in [0.15, 0.2) is 19.7 Å². The minimum Gasteiger partial charge on any atom is -0.481 e. The highest BCUT2D eigenvalue weighted by atomic mass is 32.2. The smallest absolute Gasteiger partial charge is 0.307 e. The van der Waals surface area contributed by atoms with Crippen LogP contribution in [0.25, 0.3) is 22.3 Å². The van der Waals surface area contributed by atoms with Crippen molar-refractivity contribution in [1.82, 2.24) is 0 Å². The van der Waals surface area contributed by atoms with Crippen LogP contribution in [0.2, 0.25) is 0 Å². The summed E-state index contributed by atoms with van der Waals surface area (Å²) in [6, 6.07) is 28.8. The van der Waals surface area contributed by atoms with Gasteiger partial charge in [0.2, 0.25) is 0 Å². The lowest BCUT2D eigenvalue weighted by Crippen LogP contribution is -2.08. The molecule has 0 amide bonds. The minimum atomic E-state index is -3.30. The van der Waals surface area contributed by atoms with E-state index in [1.807, 2.05) is 48.5 Å². The normalized spacial score (nSPS) is 14.1. The maximum atomic E-state index is 12.2. The van der Waals surface area contributed by atoms with E-state index in [1.54, 1.807) is 62.8 Å². The van der Waals surface area contributed by atoms with Crippen molar-refractivity contribution in [1.29, 1.82) is 0 Å². The molecule has 1 aliphatic heterocycles. The Kier molecular flexibility index (Phi) is 18.3. The molecule has 288 valence electrons. The monoisotopic (exact) mass is 768 g/mol. The predicted molar refractivity (Wildman–Crippen MR) is 208 cm³/mol. The topological polar surface area (TPSA) is 154 Å². The number of benzene rings is 4. The standard InChI is InChI=1S/C18H20O5S.C18H22O4S.C5H10O/c1-23-11-2-12-24(21,22)17-9-7-16(8-10-17)15-5-3-14(4-6-15)13-18(19)20;1-22-13-2-14-23(20,21)18-9-7-17(8-10-18)16-5-3-15(4-6-16)11-12-19;1-5-3-2-4-6-5/h3-10H,2,11-13H2,1H3,(H,19,20);3-10,19H,2,11-14H2,1H3;5H,2-4H2,1H3. The number of sulfone groups is 2. The quantitative estimate of drug-likeness (QED) is 0.118. The van der Waals surface area contributed by atoms with Gasteiger partial charge in [-0.2, -0.15) is 0 Å². The van der Waals surface area contributed by atoms with Crippen LogP contribution < -0.4 is 0 Å². The number of hydrogen-bond acceptors (Lipinski definition) is 9. The summed E-state index contributed by atoms with van der Waals surface area (Å²) < 4.78 is 63.7. The highest BCUT2D eigenvalue weighted by Gasteiger charge is 2.15. The molecule has 1 heterocycles. The molecular weight excluding hydrogens is 717 g/mol. The predicted octanol–water partition coefficient (Wildman–Crippen LogP) is 6.67. The van der Waals surface area contributed by atoms with Gasteiger partial charge in [-0.25, -0.2) is 16.8 Å². The van der Waals surface area contributed by atoms with Gasteiger partial charge in [0.05, 0.1) is 33.8 Å². The Labute approximate surface area is 314 Å². The van der Waals surface area contributed by atoms with E-state index in [4.69, 9.17) is 24.4 Å². The van der Waals surface area contributed by atoms with Crippen LogP contribution in [0.3, 0.4) is 0 Å². The number of ether oxygens (including phenoxy) is 3. The molecule has 12 heteroatoms. The van der Waals surface area contributed by atoms with Gasteiger partial charge in [-0.15, -0.1) is 0 Å². The van der Waals surface area contributed by atoms with Crippen LogP contribution in [0.5, 0.6) is 0 Å². The summed E-state index contributed by atoms with van der Waals surface area (Å²) in [6.07, 6.45) is 4.65. The molecule has 0 saturated carbocycles. The second-order valence-electron chi connectivity index (χ2n) is 12.6. The molecule has 0 bridgehead atoms. The first-order chi connectivity index (χ1) is 25.4. The molecule has 2 N–H and O–H groups in total. The summed E-state index contributed by atoms with van der Waals surface area (Å²) in [5, 5.41) is 17.7. The zero-order chi connectivity index (χ0) is 38.7. The van der Waals surface area contributed by atoms with E-state index in [1.165, 1.54) is 12.8 Å². The van der Waals surface area contributed by atoms with Crippen molar-refractivity contribution in [3.63, 3.8) is 0 Å². The molecule has 0 spiro atoms. The van der Waals surface area contributed by atoms with Crippen molar-refractivity contribution >= 4 is 25.6 Å². The van der Waals surface area contributed by atoms with Crippen LogP contribution in [0.4, 0.5) is 0 Å². The van der Waals surface area contributed by atoms with E-state index in [0.717, 1.165) is 40.0 Å². The van der Waals surface area contributed by atoms with Gasteiger partial charge in [-0.1, -0.05) is 72.8 Å². The third-order valence-corrected chi connectivity index (χ3v) is 12.1. The van der Waals surface area contributed by atoms with Crippen LogP contribution in [0.15, 0.2) is 107 Å². The van der Waals surface area contributed by atoms with Crippen molar-refractivity contribution in [2.24, 2.45) is 0 Å². The number of aliphatic carboxylic acids is 1. The first-order valence-electron chi connectivity index (χ1n) is 17.6. The van der Waals surface area contributed by atoms with Crippen molar-refractivity contribution < 1.29 is 46.1 Å². The van der Waals surface area contributed by atoms with Crippen molar-refractivity contribution in [3.05, 3.63) is 108 Å². The first-order valence-corrected chi connectivity index (χ1v) is 21.0. The second-order valence-corrected chi connectivity index (χ2v) is 16.9. The lowest BCUT2D eigenvalue weighted by atomic mass is 10.0. The molecule has 1 fully saturated rings. The highest BCUT2D eigenvalue weighted by molar-refractivity contribution is 7.91. The van der Waals surface area contributed by atoms with Gasteiger partial charge in [0.25, 0.3) is 0 Å². The molecular formula is C41H52O10S2. The minimum absolute atomic E-state index is 0.0149. The zero-order valence-electron chi connectivity index (χ0n) is 30.8. The van der Waals surface area contributed by atoms with Crippen LogP contribution in [0.1, 0.15) is 43.7 Å². The fourth-order valence-corrected chi connectivity index (χ4v) is 8.02. The van der Waals surface area contributed by atoms with E-state index in [0.29, 0.717) is 48.4 Å². The van der Waals surface area contributed by atoms with Crippen LogP contribution in [0, 0.1) is 0 Å². The van der Waals surface area contributed by atoms with Crippen molar-refractivity contribution in [2.75, 3.05) is 52.2 Å². The Morgan fingerprint density at radius 1 is 0.679 bits per heavy atom. The van der Waals surface area contributed by atoms with Crippen molar-refractivity contribution in [2.45, 2.75) is 61.3 Å². The van der Waals surface area contributed by atoms with Gasteiger partial charge in [0.1, 0.15) is 0 Å². The van der Waals surface area contributed by atoms with E-state index in [9.17, 15) is 21.6 Å². The number of carbonyl (C=O) groups is 1. The summed E-state index contributed by atoms with van der Waals surface area (Å²) in [4.78, 5) is 11.3. The molecule has 0 aromatic heterocycles. The van der Waals surface area contributed by atoms with Gasteiger partial charge in [0, 0.05) is 40.6 Å². The third-order valence-electron chi connectivity index (χ3n) is 8.44. The molecule has 1 atom stereocenters. The largest absolute Gasteiger partial charge is 0.481 e. The number of methoxy groups -OCH3 is 2. The number of aliphatic hydroxyl groups excluding tert-OH is 1. The van der Waals surface area contributed by atoms with E-state index >= 15 is 0 Å². The molecule has 4 aromatic carbocycles. The maximum absolute atomic E-state index is 12.2. The molecule has 1 saturated heterocycles. The fraction of sp³-hybridized carbons (Fsp3) is 0.390. The summed E-state index contributed by atoms with van der Waals surface area (Å²) in [5.74, 6) is -0.717. The van der Waals surface area contributed by atoms with Crippen LogP contribution in [-0.4, -0.2) is 91.3 Å². The molecule has 4 aromatic rings. The summed E-state index contributed by atoms with van der Waals surface area (Å²) in [6.45, 7) is 4.10. The highest BCUT2D eigenvalue weighted by Crippen LogP contribution is 2.24. The Morgan fingerprint density at radius 2 is 1.08 bits per heavy atom. The maximum Gasteiger partial charge on any atom is 0.307 e. The molecule has 1 aliphatic rings. The molecule has 10 nitrogen and oxygen atoms in total. The Bertz CT molecular complexity index is 1870. The third kappa shape index (κ3) is 15.2. The molecule has 0 radical (unpaired) electrons. The molecule has 1 unspecified atom stereocenters. The van der Waals surface area contributed by atoms with Crippen LogP contribution in [-0.2, 0) is 51.5 Å². The fourth-order valence-electron chi connectivity index (χ4n) is 5.45. The number of carboxylic acids is 1.